The number of hydrogen-bond acceptors (Lipinski definition) is 4. The average molecular weight is 400 g/mol. The van der Waals surface area contributed by atoms with Crippen molar-refractivity contribution < 1.29 is 4.79 Å². The van der Waals surface area contributed by atoms with Gasteiger partial charge in [-0.05, 0) is 47.4 Å². The molecule has 2 aromatic heterocycles. The molecule has 1 saturated carbocycles. The van der Waals surface area contributed by atoms with Crippen LogP contribution in [0, 0.1) is 5.92 Å². The molecule has 0 aromatic carbocycles. The molecular weight excluding hydrogens is 377 g/mol. The number of nitrogens with one attached hydrogen (secondary N) is 1. The highest BCUT2D eigenvalue weighted by molar-refractivity contribution is 7.09. The number of pyridine rings is 1. The Morgan fingerprint density at radius 3 is 2.88 bits per heavy atom. The maximum absolute atomic E-state index is 11.8. The Kier molecular flexibility index (Phi) is 7.25. The topological polar surface area (TPSA) is 45.2 Å². The predicted molar refractivity (Wildman–Crippen MR) is 105 cm³/mol. The lowest BCUT2D eigenvalue weighted by Crippen LogP contribution is -2.32. The van der Waals surface area contributed by atoms with Crippen molar-refractivity contribution in [3.8, 4) is 0 Å². The van der Waals surface area contributed by atoms with Crippen LogP contribution in [-0.2, 0) is 30.8 Å². The summed E-state index contributed by atoms with van der Waals surface area (Å²) in [6, 6.07) is 4.31. The van der Waals surface area contributed by atoms with Crippen molar-refractivity contribution in [2.75, 3.05) is 6.54 Å². The van der Waals surface area contributed by atoms with Gasteiger partial charge in [0.05, 0.1) is 0 Å². The van der Waals surface area contributed by atoms with Gasteiger partial charge in [0.15, 0.2) is 0 Å². The molecule has 1 aliphatic carbocycles. The Labute approximate surface area is 164 Å². The Hall–Kier alpha value is -1.14. The molecule has 7 heteroatoms. The van der Waals surface area contributed by atoms with Crippen LogP contribution in [0.4, 0.5) is 0 Å². The zero-order valence-corrected chi connectivity index (χ0v) is 16.4. The quantitative estimate of drug-likeness (QED) is 0.835. The Morgan fingerprint density at radius 1 is 1.32 bits per heavy atom. The van der Waals surface area contributed by atoms with Gasteiger partial charge >= 0.3 is 0 Å². The van der Waals surface area contributed by atoms with Gasteiger partial charge in [0.2, 0.25) is 5.91 Å². The van der Waals surface area contributed by atoms with Gasteiger partial charge in [0.1, 0.15) is 0 Å². The number of carbonyl (C=O) groups is 1. The minimum Gasteiger partial charge on any atom is -0.352 e. The molecular formula is C18H23Cl2N3OS. The van der Waals surface area contributed by atoms with Crippen molar-refractivity contribution in [3.63, 3.8) is 0 Å². The summed E-state index contributed by atoms with van der Waals surface area (Å²) in [5, 5.41) is 5.20. The normalized spacial score (nSPS) is 16.3. The van der Waals surface area contributed by atoms with Crippen molar-refractivity contribution in [2.45, 2.75) is 38.9 Å². The first-order valence-electron chi connectivity index (χ1n) is 8.26. The fraction of sp³-hybridized carbons (Fsp3) is 0.444. The number of aromatic nitrogens is 1. The van der Waals surface area contributed by atoms with Crippen LogP contribution in [0.1, 0.15) is 34.4 Å². The second-order valence-corrected chi connectivity index (χ2v) is 7.50. The Balaban J connectivity index is 0.00000113. The van der Waals surface area contributed by atoms with E-state index in [1.165, 1.54) is 21.6 Å². The van der Waals surface area contributed by atoms with Crippen LogP contribution < -0.4 is 5.32 Å². The van der Waals surface area contributed by atoms with Crippen LogP contribution in [0.15, 0.2) is 29.9 Å². The number of rotatable bonds is 5. The van der Waals surface area contributed by atoms with Crippen molar-refractivity contribution in [2.24, 2.45) is 5.92 Å². The second-order valence-electron chi connectivity index (χ2n) is 6.47. The van der Waals surface area contributed by atoms with Crippen molar-refractivity contribution in [1.82, 2.24) is 15.2 Å². The molecule has 1 N–H and O–H groups in total. The number of hydrogen-bond donors (Lipinski definition) is 1. The molecule has 136 valence electrons. The average Bonchev–Trinajstić information content (AvgIpc) is 3.30. The van der Waals surface area contributed by atoms with Crippen LogP contribution in [0.2, 0.25) is 0 Å². The summed E-state index contributed by atoms with van der Waals surface area (Å²) in [7, 11) is 0. The molecule has 0 unspecified atom stereocenters. The monoisotopic (exact) mass is 399 g/mol. The first-order valence-corrected chi connectivity index (χ1v) is 9.14. The van der Waals surface area contributed by atoms with Crippen LogP contribution in [-0.4, -0.2) is 22.3 Å². The van der Waals surface area contributed by atoms with E-state index >= 15 is 0 Å². The van der Waals surface area contributed by atoms with Crippen molar-refractivity contribution >= 4 is 42.1 Å². The van der Waals surface area contributed by atoms with Crippen LogP contribution in [0.3, 0.4) is 0 Å². The SMILES string of the molecule is Cl.Cl.O=C(NCc1cncc2c1CCN(Cc1cccs1)C2)C1CC1. The molecule has 3 heterocycles. The van der Waals surface area contributed by atoms with Gasteiger partial charge in [-0.15, -0.1) is 36.2 Å². The van der Waals surface area contributed by atoms with Crippen LogP contribution >= 0.6 is 36.2 Å². The molecule has 4 rings (SSSR count). The first-order chi connectivity index (χ1) is 11.3. The van der Waals surface area contributed by atoms with Gasteiger partial charge in [-0.3, -0.25) is 14.7 Å². The van der Waals surface area contributed by atoms with Crippen molar-refractivity contribution in [3.05, 3.63) is 51.5 Å². The van der Waals surface area contributed by atoms with E-state index in [1.54, 1.807) is 0 Å². The highest BCUT2D eigenvalue weighted by Crippen LogP contribution is 2.29. The molecule has 0 radical (unpaired) electrons. The third-order valence-electron chi connectivity index (χ3n) is 4.67. The maximum atomic E-state index is 11.8. The zero-order valence-electron chi connectivity index (χ0n) is 13.9. The minimum atomic E-state index is 0. The standard InChI is InChI=1S/C18H21N3OS.2ClH/c22-18(13-3-4-13)20-10-14-8-19-9-15-11-21(6-5-17(14)15)12-16-2-1-7-23-16;;/h1-2,7-9,13H,3-6,10-12H2,(H,20,22);2*1H. The smallest absolute Gasteiger partial charge is 0.223 e. The van der Waals surface area contributed by atoms with E-state index in [0.717, 1.165) is 38.9 Å². The largest absolute Gasteiger partial charge is 0.352 e. The van der Waals surface area contributed by atoms with Crippen LogP contribution in [0.25, 0.3) is 0 Å². The second kappa shape index (κ2) is 8.99. The fourth-order valence-electron chi connectivity index (χ4n) is 3.21. The summed E-state index contributed by atoms with van der Waals surface area (Å²) in [4.78, 5) is 20.1. The van der Waals surface area contributed by atoms with E-state index in [-0.39, 0.29) is 36.6 Å². The minimum absolute atomic E-state index is 0. The molecule has 2 aromatic rings. The summed E-state index contributed by atoms with van der Waals surface area (Å²) in [5.41, 5.74) is 3.89. The van der Waals surface area contributed by atoms with Gasteiger partial charge in [0.25, 0.3) is 0 Å². The van der Waals surface area contributed by atoms with E-state index in [4.69, 9.17) is 0 Å². The van der Waals surface area contributed by atoms with E-state index in [1.807, 2.05) is 23.7 Å². The fourth-order valence-corrected chi connectivity index (χ4v) is 3.96. The molecule has 4 nitrogen and oxygen atoms in total. The lowest BCUT2D eigenvalue weighted by atomic mass is 9.97. The number of carbonyl (C=O) groups excluding carboxylic acids is 1. The van der Waals surface area contributed by atoms with Gasteiger partial charge in [-0.2, -0.15) is 0 Å². The molecule has 2 aliphatic rings. The molecule has 0 saturated heterocycles. The summed E-state index contributed by atoms with van der Waals surface area (Å²) in [5.74, 6) is 0.474. The lowest BCUT2D eigenvalue weighted by Gasteiger charge is -2.29. The molecule has 0 bridgehead atoms. The third kappa shape index (κ3) is 4.94. The van der Waals surface area contributed by atoms with E-state index in [9.17, 15) is 4.79 Å². The first kappa shape index (κ1) is 20.2. The van der Waals surface area contributed by atoms with Gasteiger partial charge < -0.3 is 5.32 Å². The summed E-state index contributed by atoms with van der Waals surface area (Å²) >= 11 is 1.82. The molecule has 0 atom stereocenters. The molecule has 25 heavy (non-hydrogen) atoms. The highest BCUT2D eigenvalue weighted by Gasteiger charge is 2.29. The molecule has 1 aliphatic heterocycles. The van der Waals surface area contributed by atoms with E-state index in [0.29, 0.717) is 6.54 Å². The van der Waals surface area contributed by atoms with Crippen molar-refractivity contribution in [1.29, 1.82) is 0 Å². The highest BCUT2D eigenvalue weighted by atomic mass is 35.5. The number of thiophene rings is 1. The summed E-state index contributed by atoms with van der Waals surface area (Å²) in [6.45, 7) is 3.65. The Morgan fingerprint density at radius 2 is 2.16 bits per heavy atom. The Bertz CT molecular complexity index is 704. The van der Waals surface area contributed by atoms with Gasteiger partial charge in [-0.1, -0.05) is 6.07 Å². The third-order valence-corrected chi connectivity index (χ3v) is 5.53. The lowest BCUT2D eigenvalue weighted by molar-refractivity contribution is -0.122. The molecule has 1 amide bonds. The molecule has 1 fully saturated rings. The summed E-state index contributed by atoms with van der Waals surface area (Å²) < 4.78 is 0. The van der Waals surface area contributed by atoms with E-state index < -0.39 is 0 Å². The maximum Gasteiger partial charge on any atom is 0.223 e. The van der Waals surface area contributed by atoms with Gasteiger partial charge in [-0.25, -0.2) is 0 Å². The molecule has 0 spiro atoms. The number of fused-ring (bicyclic) bond motifs is 1. The van der Waals surface area contributed by atoms with E-state index in [2.05, 4.69) is 32.7 Å². The number of halogens is 2. The van der Waals surface area contributed by atoms with Crippen LogP contribution in [0.5, 0.6) is 0 Å². The predicted octanol–water partition coefficient (Wildman–Crippen LogP) is 3.57. The zero-order chi connectivity index (χ0) is 15.6. The van der Waals surface area contributed by atoms with Gasteiger partial charge in [0, 0.05) is 49.4 Å². The summed E-state index contributed by atoms with van der Waals surface area (Å²) in [6.07, 6.45) is 7.05. The number of amides is 1. The number of nitrogens with zero attached hydrogens (tertiary/aromatic N) is 2.